The Morgan fingerprint density at radius 3 is 3.00 bits per heavy atom. The highest BCUT2D eigenvalue weighted by molar-refractivity contribution is 5.74. The second-order valence-electron chi connectivity index (χ2n) is 3.29. The number of fused-ring (bicyclic) bond motifs is 1. The molecule has 1 aromatic carbocycles. The van der Waals surface area contributed by atoms with Gasteiger partial charge in [-0.05, 0) is 24.1 Å². The first-order chi connectivity index (χ1) is 6.31. The normalized spacial score (nSPS) is 10.9. The molecule has 0 aliphatic heterocycles. The molecule has 3 nitrogen and oxygen atoms in total. The van der Waals surface area contributed by atoms with Crippen molar-refractivity contribution >= 4 is 11.0 Å². The number of hydrogen-bond donors (Lipinski definition) is 0. The van der Waals surface area contributed by atoms with Crippen molar-refractivity contribution in [3.63, 3.8) is 0 Å². The maximum Gasteiger partial charge on any atom is 0.113 e. The lowest BCUT2D eigenvalue weighted by atomic mass is 10.1. The van der Waals surface area contributed by atoms with Crippen LogP contribution in [-0.4, -0.2) is 15.0 Å². The van der Waals surface area contributed by atoms with E-state index in [0.717, 1.165) is 17.5 Å². The van der Waals surface area contributed by atoms with Gasteiger partial charge in [0.25, 0.3) is 0 Å². The lowest BCUT2D eigenvalue weighted by molar-refractivity contribution is 0.736. The van der Waals surface area contributed by atoms with Crippen LogP contribution in [0.25, 0.3) is 11.0 Å². The number of hydrogen-bond acceptors (Lipinski definition) is 2. The molecule has 0 unspecified atom stereocenters. The highest BCUT2D eigenvalue weighted by Crippen LogP contribution is 2.13. The predicted molar refractivity (Wildman–Crippen MR) is 52.5 cm³/mol. The first-order valence-electron chi connectivity index (χ1n) is 4.59. The van der Waals surface area contributed by atoms with Gasteiger partial charge in [-0.1, -0.05) is 24.6 Å². The summed E-state index contributed by atoms with van der Waals surface area (Å²) in [5.74, 6) is 0. The Morgan fingerprint density at radius 2 is 2.23 bits per heavy atom. The zero-order valence-corrected chi connectivity index (χ0v) is 7.99. The molecule has 0 radical (unpaired) electrons. The van der Waals surface area contributed by atoms with Crippen molar-refractivity contribution in [2.24, 2.45) is 7.05 Å². The molecular formula is C10H13N3. The van der Waals surface area contributed by atoms with Crippen LogP contribution in [0, 0.1) is 0 Å². The zero-order chi connectivity index (χ0) is 9.26. The van der Waals surface area contributed by atoms with Crippen molar-refractivity contribution in [2.45, 2.75) is 19.8 Å². The van der Waals surface area contributed by atoms with E-state index in [2.05, 4.69) is 35.4 Å². The van der Waals surface area contributed by atoms with Gasteiger partial charge in [0.05, 0.1) is 5.52 Å². The van der Waals surface area contributed by atoms with Crippen LogP contribution in [0.2, 0.25) is 0 Å². The van der Waals surface area contributed by atoms with E-state index in [1.165, 1.54) is 12.0 Å². The number of aromatic nitrogens is 3. The molecule has 0 N–H and O–H groups in total. The maximum atomic E-state index is 4.07. The average Bonchev–Trinajstić information content (AvgIpc) is 2.48. The predicted octanol–water partition coefficient (Wildman–Crippen LogP) is 1.92. The molecule has 0 spiro atoms. The van der Waals surface area contributed by atoms with E-state index >= 15 is 0 Å². The summed E-state index contributed by atoms with van der Waals surface area (Å²) in [4.78, 5) is 0. The fourth-order valence-corrected chi connectivity index (χ4v) is 1.53. The van der Waals surface area contributed by atoms with Crippen molar-refractivity contribution in [1.29, 1.82) is 0 Å². The molecule has 2 rings (SSSR count). The number of benzene rings is 1. The third-order valence-corrected chi connectivity index (χ3v) is 2.21. The largest absolute Gasteiger partial charge is 0.248 e. The van der Waals surface area contributed by atoms with Crippen LogP contribution >= 0.6 is 0 Å². The van der Waals surface area contributed by atoms with E-state index in [1.54, 1.807) is 4.68 Å². The first-order valence-corrected chi connectivity index (χ1v) is 4.59. The molecule has 0 saturated heterocycles. The topological polar surface area (TPSA) is 30.7 Å². The summed E-state index contributed by atoms with van der Waals surface area (Å²) in [6, 6.07) is 6.35. The van der Waals surface area contributed by atoms with Crippen molar-refractivity contribution in [3.8, 4) is 0 Å². The molecular weight excluding hydrogens is 162 g/mol. The monoisotopic (exact) mass is 175 g/mol. The van der Waals surface area contributed by atoms with E-state index in [-0.39, 0.29) is 0 Å². The Balaban J connectivity index is 2.50. The van der Waals surface area contributed by atoms with Crippen LogP contribution in [0.5, 0.6) is 0 Å². The van der Waals surface area contributed by atoms with Gasteiger partial charge in [-0.15, -0.1) is 5.10 Å². The van der Waals surface area contributed by atoms with Crippen LogP contribution in [0.3, 0.4) is 0 Å². The Kier molecular flexibility index (Phi) is 2.00. The highest BCUT2D eigenvalue weighted by Gasteiger charge is 2.01. The van der Waals surface area contributed by atoms with Gasteiger partial charge in [0, 0.05) is 7.05 Å². The summed E-state index contributed by atoms with van der Waals surface area (Å²) in [5, 5.41) is 8.04. The summed E-state index contributed by atoms with van der Waals surface area (Å²) in [6.45, 7) is 2.18. The Bertz CT molecular complexity index is 417. The molecule has 0 atom stereocenters. The van der Waals surface area contributed by atoms with Crippen LogP contribution in [-0.2, 0) is 13.5 Å². The standard InChI is InChI=1S/C10H13N3/c1-3-4-8-5-6-10-9(7-8)11-12-13(10)2/h5-7H,3-4H2,1-2H3. The van der Waals surface area contributed by atoms with Gasteiger partial charge in [-0.2, -0.15) is 0 Å². The lowest BCUT2D eigenvalue weighted by Crippen LogP contribution is -1.89. The molecule has 0 saturated carbocycles. The number of rotatable bonds is 2. The third-order valence-electron chi connectivity index (χ3n) is 2.21. The molecule has 3 heteroatoms. The molecule has 0 amide bonds. The fraction of sp³-hybridized carbons (Fsp3) is 0.400. The minimum atomic E-state index is 0.994. The van der Waals surface area contributed by atoms with Gasteiger partial charge in [0.1, 0.15) is 5.52 Å². The zero-order valence-electron chi connectivity index (χ0n) is 7.99. The minimum absolute atomic E-state index is 0.994. The van der Waals surface area contributed by atoms with Crippen LogP contribution in [0.1, 0.15) is 18.9 Å². The van der Waals surface area contributed by atoms with Crippen molar-refractivity contribution in [3.05, 3.63) is 23.8 Å². The maximum absolute atomic E-state index is 4.07. The van der Waals surface area contributed by atoms with Crippen molar-refractivity contribution in [1.82, 2.24) is 15.0 Å². The molecule has 1 aromatic heterocycles. The molecule has 0 aliphatic rings. The molecule has 0 aliphatic carbocycles. The Labute approximate surface area is 77.4 Å². The van der Waals surface area contributed by atoms with Crippen LogP contribution in [0.4, 0.5) is 0 Å². The van der Waals surface area contributed by atoms with E-state index in [4.69, 9.17) is 0 Å². The van der Waals surface area contributed by atoms with E-state index in [0.29, 0.717) is 0 Å². The van der Waals surface area contributed by atoms with Gasteiger partial charge in [0.15, 0.2) is 0 Å². The Morgan fingerprint density at radius 1 is 1.38 bits per heavy atom. The van der Waals surface area contributed by atoms with Gasteiger partial charge in [-0.3, -0.25) is 0 Å². The van der Waals surface area contributed by atoms with Gasteiger partial charge in [-0.25, -0.2) is 4.68 Å². The summed E-state index contributed by atoms with van der Waals surface area (Å²) < 4.78 is 1.80. The van der Waals surface area contributed by atoms with Crippen LogP contribution in [0.15, 0.2) is 18.2 Å². The number of aryl methyl sites for hydroxylation is 2. The highest BCUT2D eigenvalue weighted by atomic mass is 15.4. The summed E-state index contributed by atoms with van der Waals surface area (Å²) in [7, 11) is 1.91. The van der Waals surface area contributed by atoms with Crippen molar-refractivity contribution in [2.75, 3.05) is 0 Å². The van der Waals surface area contributed by atoms with Gasteiger partial charge >= 0.3 is 0 Å². The first kappa shape index (κ1) is 8.23. The molecule has 2 aromatic rings. The minimum Gasteiger partial charge on any atom is -0.248 e. The molecule has 0 bridgehead atoms. The second-order valence-corrected chi connectivity index (χ2v) is 3.29. The quantitative estimate of drug-likeness (QED) is 0.698. The van der Waals surface area contributed by atoms with Crippen LogP contribution < -0.4 is 0 Å². The fourth-order valence-electron chi connectivity index (χ4n) is 1.53. The van der Waals surface area contributed by atoms with E-state index in [1.807, 2.05) is 7.05 Å². The molecule has 0 fully saturated rings. The molecule has 1 heterocycles. The smallest absolute Gasteiger partial charge is 0.113 e. The summed E-state index contributed by atoms with van der Waals surface area (Å²) >= 11 is 0. The average molecular weight is 175 g/mol. The third kappa shape index (κ3) is 1.41. The summed E-state index contributed by atoms with van der Waals surface area (Å²) in [6.07, 6.45) is 2.29. The summed E-state index contributed by atoms with van der Waals surface area (Å²) in [5.41, 5.74) is 3.43. The SMILES string of the molecule is CCCc1ccc2c(c1)nnn2C. The number of nitrogens with zero attached hydrogens (tertiary/aromatic N) is 3. The van der Waals surface area contributed by atoms with Gasteiger partial charge in [0.2, 0.25) is 0 Å². The van der Waals surface area contributed by atoms with E-state index in [9.17, 15) is 0 Å². The molecule has 68 valence electrons. The van der Waals surface area contributed by atoms with E-state index < -0.39 is 0 Å². The Hall–Kier alpha value is -1.38. The lowest BCUT2D eigenvalue weighted by Gasteiger charge is -1.97. The second kappa shape index (κ2) is 3.17. The molecule has 13 heavy (non-hydrogen) atoms. The van der Waals surface area contributed by atoms with Gasteiger partial charge < -0.3 is 0 Å². The van der Waals surface area contributed by atoms with Crippen molar-refractivity contribution < 1.29 is 0 Å².